The molecule has 0 saturated carbocycles. The molecule has 1 atom stereocenters. The van der Waals surface area contributed by atoms with Crippen molar-refractivity contribution in [2.24, 2.45) is 5.73 Å². The largest absolute Gasteiger partial charge is 0.506 e. The molecule has 54 valence electrons. The first kappa shape index (κ1) is 7.02. The Hall–Kier alpha value is -1.09. The van der Waals surface area contributed by atoms with Gasteiger partial charge >= 0.3 is 0 Å². The first-order valence-corrected chi connectivity index (χ1v) is 3.09. The second kappa shape index (κ2) is 2.66. The smallest absolute Gasteiger partial charge is 0.134 e. The summed E-state index contributed by atoms with van der Waals surface area (Å²) in [5.74, 6) is 0.162. The Morgan fingerprint density at radius 1 is 1.60 bits per heavy atom. The highest BCUT2D eigenvalue weighted by Gasteiger charge is 1.98. The van der Waals surface area contributed by atoms with E-state index >= 15 is 0 Å². The standard InChI is InChI=1S/C7H10N2O/c1-5(8)6-2-7(10)4-9-3-6/h2-5,10H,8H2,1H3. The first-order valence-electron chi connectivity index (χ1n) is 3.09. The third-order valence-electron chi connectivity index (χ3n) is 1.27. The number of nitrogens with zero attached hydrogens (tertiary/aromatic N) is 1. The Morgan fingerprint density at radius 2 is 2.30 bits per heavy atom. The number of rotatable bonds is 1. The zero-order chi connectivity index (χ0) is 7.56. The van der Waals surface area contributed by atoms with Gasteiger partial charge in [-0.3, -0.25) is 4.98 Å². The fourth-order valence-electron chi connectivity index (χ4n) is 0.694. The average Bonchev–Trinajstić information content (AvgIpc) is 1.88. The Balaban J connectivity index is 2.96. The van der Waals surface area contributed by atoms with Crippen LogP contribution in [0.5, 0.6) is 5.75 Å². The highest BCUT2D eigenvalue weighted by molar-refractivity contribution is 5.23. The van der Waals surface area contributed by atoms with Gasteiger partial charge in [0.05, 0.1) is 6.20 Å². The minimum absolute atomic E-state index is 0.0698. The molecule has 3 N–H and O–H groups in total. The molecule has 0 radical (unpaired) electrons. The van der Waals surface area contributed by atoms with Gasteiger partial charge in [0.25, 0.3) is 0 Å². The lowest BCUT2D eigenvalue weighted by Gasteiger charge is -2.03. The van der Waals surface area contributed by atoms with E-state index in [4.69, 9.17) is 10.8 Å². The Bertz CT molecular complexity index is 223. The van der Waals surface area contributed by atoms with Crippen molar-refractivity contribution in [3.05, 3.63) is 24.0 Å². The summed E-state index contributed by atoms with van der Waals surface area (Å²) in [5.41, 5.74) is 6.38. The zero-order valence-electron chi connectivity index (χ0n) is 5.78. The summed E-state index contributed by atoms with van der Waals surface area (Å²) < 4.78 is 0. The number of hydrogen-bond donors (Lipinski definition) is 2. The molecule has 0 bridgehead atoms. The van der Waals surface area contributed by atoms with Crippen LogP contribution in [0.15, 0.2) is 18.5 Å². The van der Waals surface area contributed by atoms with Gasteiger partial charge in [-0.25, -0.2) is 0 Å². The van der Waals surface area contributed by atoms with Crippen LogP contribution < -0.4 is 5.73 Å². The first-order chi connectivity index (χ1) is 4.70. The van der Waals surface area contributed by atoms with Crippen molar-refractivity contribution < 1.29 is 5.11 Å². The highest BCUT2D eigenvalue weighted by Crippen LogP contribution is 2.13. The summed E-state index contributed by atoms with van der Waals surface area (Å²) >= 11 is 0. The SMILES string of the molecule is CC(N)c1cncc(O)c1. The minimum atomic E-state index is -0.0698. The van der Waals surface area contributed by atoms with Crippen molar-refractivity contribution in [3.63, 3.8) is 0 Å². The second-order valence-electron chi connectivity index (χ2n) is 2.27. The summed E-state index contributed by atoms with van der Waals surface area (Å²) in [4.78, 5) is 3.78. The molecule has 3 nitrogen and oxygen atoms in total. The van der Waals surface area contributed by atoms with Crippen LogP contribution in [0.1, 0.15) is 18.5 Å². The molecular formula is C7H10N2O. The van der Waals surface area contributed by atoms with Gasteiger partial charge in [0.1, 0.15) is 5.75 Å². The summed E-state index contributed by atoms with van der Waals surface area (Å²) in [6.45, 7) is 1.84. The maximum absolute atomic E-state index is 8.94. The molecule has 0 aromatic carbocycles. The number of aromatic nitrogens is 1. The van der Waals surface area contributed by atoms with E-state index in [-0.39, 0.29) is 11.8 Å². The number of pyridine rings is 1. The average molecular weight is 138 g/mol. The Morgan fingerprint density at radius 3 is 2.70 bits per heavy atom. The van der Waals surface area contributed by atoms with Gasteiger partial charge in [-0.2, -0.15) is 0 Å². The lowest BCUT2D eigenvalue weighted by atomic mass is 10.1. The predicted octanol–water partition coefficient (Wildman–Crippen LogP) is 0.807. The van der Waals surface area contributed by atoms with Gasteiger partial charge in [-0.15, -0.1) is 0 Å². The van der Waals surface area contributed by atoms with Crippen LogP contribution in [-0.4, -0.2) is 10.1 Å². The maximum Gasteiger partial charge on any atom is 0.134 e. The van der Waals surface area contributed by atoms with Crippen LogP contribution in [0.4, 0.5) is 0 Å². The van der Waals surface area contributed by atoms with E-state index < -0.39 is 0 Å². The quantitative estimate of drug-likeness (QED) is 0.603. The number of aromatic hydroxyl groups is 1. The maximum atomic E-state index is 8.94. The summed E-state index contributed by atoms with van der Waals surface area (Å²) in [5, 5.41) is 8.94. The molecule has 10 heavy (non-hydrogen) atoms. The molecule has 1 heterocycles. The van der Waals surface area contributed by atoms with E-state index in [2.05, 4.69) is 4.98 Å². The van der Waals surface area contributed by atoms with Crippen molar-refractivity contribution in [3.8, 4) is 5.75 Å². The van der Waals surface area contributed by atoms with Crippen molar-refractivity contribution in [2.75, 3.05) is 0 Å². The third kappa shape index (κ3) is 1.45. The van der Waals surface area contributed by atoms with Crippen LogP contribution in [0.3, 0.4) is 0 Å². The molecule has 0 amide bonds. The lowest BCUT2D eigenvalue weighted by molar-refractivity contribution is 0.471. The fraction of sp³-hybridized carbons (Fsp3) is 0.286. The molecule has 3 heteroatoms. The molecule has 0 aliphatic carbocycles. The molecule has 1 aromatic rings. The Kier molecular flexibility index (Phi) is 1.87. The molecule has 0 aliphatic heterocycles. The van der Waals surface area contributed by atoms with Crippen molar-refractivity contribution in [1.29, 1.82) is 0 Å². The van der Waals surface area contributed by atoms with Crippen LogP contribution in [0.2, 0.25) is 0 Å². The van der Waals surface area contributed by atoms with Gasteiger partial charge in [-0.1, -0.05) is 0 Å². The number of hydrogen-bond acceptors (Lipinski definition) is 3. The van der Waals surface area contributed by atoms with Gasteiger partial charge in [0, 0.05) is 12.2 Å². The van der Waals surface area contributed by atoms with Crippen LogP contribution in [-0.2, 0) is 0 Å². The van der Waals surface area contributed by atoms with E-state index in [1.807, 2.05) is 6.92 Å². The van der Waals surface area contributed by atoms with Crippen LogP contribution in [0, 0.1) is 0 Å². The van der Waals surface area contributed by atoms with Crippen molar-refractivity contribution >= 4 is 0 Å². The molecule has 0 aliphatic rings. The van der Waals surface area contributed by atoms with Gasteiger partial charge in [0.15, 0.2) is 0 Å². The minimum Gasteiger partial charge on any atom is -0.506 e. The van der Waals surface area contributed by atoms with Crippen LogP contribution >= 0.6 is 0 Å². The molecular weight excluding hydrogens is 128 g/mol. The van der Waals surface area contributed by atoms with E-state index in [0.717, 1.165) is 5.56 Å². The van der Waals surface area contributed by atoms with E-state index in [1.165, 1.54) is 6.20 Å². The molecule has 0 spiro atoms. The van der Waals surface area contributed by atoms with Crippen molar-refractivity contribution in [1.82, 2.24) is 4.98 Å². The molecule has 1 rings (SSSR count). The van der Waals surface area contributed by atoms with Gasteiger partial charge < -0.3 is 10.8 Å². The van der Waals surface area contributed by atoms with Crippen LogP contribution in [0.25, 0.3) is 0 Å². The normalized spacial score (nSPS) is 13.0. The monoisotopic (exact) mass is 138 g/mol. The molecule has 0 fully saturated rings. The molecule has 0 saturated heterocycles. The Labute approximate surface area is 59.5 Å². The summed E-state index contributed by atoms with van der Waals surface area (Å²) in [6.07, 6.45) is 3.02. The zero-order valence-corrected chi connectivity index (χ0v) is 5.78. The van der Waals surface area contributed by atoms with E-state index in [0.29, 0.717) is 0 Å². The predicted molar refractivity (Wildman–Crippen MR) is 38.5 cm³/mol. The highest BCUT2D eigenvalue weighted by atomic mass is 16.3. The second-order valence-corrected chi connectivity index (χ2v) is 2.27. The van der Waals surface area contributed by atoms with E-state index in [1.54, 1.807) is 12.3 Å². The van der Waals surface area contributed by atoms with Crippen molar-refractivity contribution in [2.45, 2.75) is 13.0 Å². The molecule has 1 unspecified atom stereocenters. The van der Waals surface area contributed by atoms with E-state index in [9.17, 15) is 0 Å². The summed E-state index contributed by atoms with van der Waals surface area (Å²) in [6, 6.07) is 1.54. The number of nitrogens with two attached hydrogens (primary N) is 1. The molecule has 1 aromatic heterocycles. The lowest BCUT2D eigenvalue weighted by Crippen LogP contribution is -2.04. The summed E-state index contributed by atoms with van der Waals surface area (Å²) in [7, 11) is 0. The third-order valence-corrected chi connectivity index (χ3v) is 1.27. The topological polar surface area (TPSA) is 59.1 Å². The van der Waals surface area contributed by atoms with Gasteiger partial charge in [0.2, 0.25) is 0 Å². The van der Waals surface area contributed by atoms with Gasteiger partial charge in [-0.05, 0) is 18.6 Å². The fourth-order valence-corrected chi connectivity index (χ4v) is 0.694.